The van der Waals surface area contributed by atoms with Crippen molar-refractivity contribution >= 4 is 22.8 Å². The summed E-state index contributed by atoms with van der Waals surface area (Å²) in [6.07, 6.45) is 5.91. The molecular weight excluding hydrogens is 366 g/mol. The zero-order chi connectivity index (χ0) is 20.0. The summed E-state index contributed by atoms with van der Waals surface area (Å²) in [4.78, 5) is 26.4. The number of anilines is 1. The monoisotopic (exact) mass is 391 g/mol. The molecule has 0 radical (unpaired) electrons. The number of methoxy groups -OCH3 is 1. The van der Waals surface area contributed by atoms with Crippen molar-refractivity contribution in [3.05, 3.63) is 48.4 Å². The van der Waals surface area contributed by atoms with Crippen LogP contribution in [0.5, 0.6) is 5.75 Å². The third kappa shape index (κ3) is 3.20. The molecular formula is C22H25N5O2. The highest BCUT2D eigenvalue weighted by atomic mass is 16.5. The standard InChI is InChI=1S/C22H25N5O2/c1-15-13-25(19-5-3-4-6-20(19)29-2)9-10-26(15)22(28)16-11-18-21(23-12-16)27(14-24-18)17-7-8-17/h3-6,11-12,14-15,17H,7-10,13H2,1-2H3. The molecule has 1 atom stereocenters. The molecule has 1 saturated heterocycles. The number of amides is 1. The molecule has 150 valence electrons. The largest absolute Gasteiger partial charge is 0.495 e. The molecule has 7 nitrogen and oxygen atoms in total. The van der Waals surface area contributed by atoms with Gasteiger partial charge in [0.2, 0.25) is 0 Å². The third-order valence-corrected chi connectivity index (χ3v) is 5.91. The maximum absolute atomic E-state index is 13.2. The van der Waals surface area contributed by atoms with Gasteiger partial charge >= 0.3 is 0 Å². The molecule has 1 amide bonds. The number of piperazine rings is 1. The van der Waals surface area contributed by atoms with Gasteiger partial charge in [0, 0.05) is 37.9 Å². The summed E-state index contributed by atoms with van der Waals surface area (Å²) >= 11 is 0. The van der Waals surface area contributed by atoms with Gasteiger partial charge < -0.3 is 19.1 Å². The molecule has 5 rings (SSSR count). The van der Waals surface area contributed by atoms with Crippen LogP contribution in [-0.4, -0.2) is 58.1 Å². The third-order valence-electron chi connectivity index (χ3n) is 5.91. The molecule has 1 unspecified atom stereocenters. The van der Waals surface area contributed by atoms with Crippen LogP contribution in [0.2, 0.25) is 0 Å². The van der Waals surface area contributed by atoms with Crippen molar-refractivity contribution in [1.29, 1.82) is 0 Å². The lowest BCUT2D eigenvalue weighted by molar-refractivity contribution is 0.0673. The van der Waals surface area contributed by atoms with Gasteiger partial charge in [-0.25, -0.2) is 9.97 Å². The quantitative estimate of drug-likeness (QED) is 0.684. The van der Waals surface area contributed by atoms with Gasteiger partial charge in [-0.2, -0.15) is 0 Å². The van der Waals surface area contributed by atoms with E-state index in [1.165, 1.54) is 12.8 Å². The number of hydrogen-bond donors (Lipinski definition) is 0. The van der Waals surface area contributed by atoms with E-state index in [4.69, 9.17) is 4.74 Å². The summed E-state index contributed by atoms with van der Waals surface area (Å²) in [5.41, 5.74) is 3.35. The summed E-state index contributed by atoms with van der Waals surface area (Å²) < 4.78 is 7.63. The maximum Gasteiger partial charge on any atom is 0.255 e. The van der Waals surface area contributed by atoms with Crippen LogP contribution < -0.4 is 9.64 Å². The number of para-hydroxylation sites is 2. The van der Waals surface area contributed by atoms with Crippen LogP contribution >= 0.6 is 0 Å². The highest BCUT2D eigenvalue weighted by molar-refractivity contribution is 5.96. The Bertz CT molecular complexity index is 1060. The van der Waals surface area contributed by atoms with Crippen LogP contribution in [0.25, 0.3) is 11.2 Å². The normalized spacial score (nSPS) is 19.6. The first-order chi connectivity index (χ1) is 14.2. The summed E-state index contributed by atoms with van der Waals surface area (Å²) in [7, 11) is 1.69. The molecule has 2 aromatic heterocycles. The Kier molecular flexibility index (Phi) is 4.38. The Hall–Kier alpha value is -3.09. The zero-order valence-corrected chi connectivity index (χ0v) is 16.8. The molecule has 1 aromatic carbocycles. The van der Waals surface area contributed by atoms with Crippen LogP contribution in [-0.2, 0) is 0 Å². The summed E-state index contributed by atoms with van der Waals surface area (Å²) in [6.45, 7) is 4.28. The average molecular weight is 391 g/mol. The second kappa shape index (κ2) is 7.06. The van der Waals surface area contributed by atoms with Crippen molar-refractivity contribution in [2.75, 3.05) is 31.6 Å². The van der Waals surface area contributed by atoms with E-state index < -0.39 is 0 Å². The minimum absolute atomic E-state index is 0.0209. The van der Waals surface area contributed by atoms with Crippen LogP contribution in [0.3, 0.4) is 0 Å². The Morgan fingerprint density at radius 2 is 2.00 bits per heavy atom. The molecule has 7 heteroatoms. The van der Waals surface area contributed by atoms with E-state index in [2.05, 4.69) is 32.4 Å². The number of nitrogens with zero attached hydrogens (tertiary/aromatic N) is 5. The van der Waals surface area contributed by atoms with Crippen molar-refractivity contribution < 1.29 is 9.53 Å². The minimum Gasteiger partial charge on any atom is -0.495 e. The molecule has 0 bridgehead atoms. The van der Waals surface area contributed by atoms with Gasteiger partial charge in [-0.3, -0.25) is 4.79 Å². The fourth-order valence-corrected chi connectivity index (χ4v) is 4.19. The number of aromatic nitrogens is 3. The van der Waals surface area contributed by atoms with E-state index in [9.17, 15) is 4.79 Å². The lowest BCUT2D eigenvalue weighted by Crippen LogP contribution is -2.54. The van der Waals surface area contributed by atoms with Crippen LogP contribution in [0.4, 0.5) is 5.69 Å². The van der Waals surface area contributed by atoms with Crippen molar-refractivity contribution in [3.8, 4) is 5.75 Å². The van der Waals surface area contributed by atoms with E-state index in [0.717, 1.165) is 35.7 Å². The number of carbonyl (C=O) groups excluding carboxylic acids is 1. The van der Waals surface area contributed by atoms with Gasteiger partial charge in [-0.05, 0) is 38.0 Å². The van der Waals surface area contributed by atoms with Gasteiger partial charge in [0.05, 0.1) is 24.7 Å². The molecule has 0 N–H and O–H groups in total. The van der Waals surface area contributed by atoms with E-state index >= 15 is 0 Å². The topological polar surface area (TPSA) is 63.5 Å². The Balaban J connectivity index is 1.34. The zero-order valence-electron chi connectivity index (χ0n) is 16.8. The molecule has 3 aromatic rings. The van der Waals surface area contributed by atoms with Crippen molar-refractivity contribution in [1.82, 2.24) is 19.4 Å². The predicted octanol–water partition coefficient (Wildman–Crippen LogP) is 3.13. The molecule has 1 aliphatic heterocycles. The number of benzene rings is 1. The second-order valence-electron chi connectivity index (χ2n) is 7.92. The minimum atomic E-state index is 0.0209. The van der Waals surface area contributed by atoms with E-state index in [1.807, 2.05) is 35.5 Å². The fourth-order valence-electron chi connectivity index (χ4n) is 4.19. The first-order valence-electron chi connectivity index (χ1n) is 10.2. The summed E-state index contributed by atoms with van der Waals surface area (Å²) in [5, 5.41) is 0. The number of carbonyl (C=O) groups is 1. The number of pyridine rings is 1. The number of ether oxygens (including phenoxy) is 1. The second-order valence-corrected chi connectivity index (χ2v) is 7.92. The van der Waals surface area contributed by atoms with Crippen LogP contribution in [0.1, 0.15) is 36.2 Å². The van der Waals surface area contributed by atoms with Crippen molar-refractivity contribution in [2.24, 2.45) is 0 Å². The molecule has 3 heterocycles. The lowest BCUT2D eigenvalue weighted by Gasteiger charge is -2.41. The van der Waals surface area contributed by atoms with E-state index in [0.29, 0.717) is 18.2 Å². The molecule has 2 fully saturated rings. The molecule has 1 saturated carbocycles. The fraction of sp³-hybridized carbons (Fsp3) is 0.409. The Morgan fingerprint density at radius 1 is 1.17 bits per heavy atom. The van der Waals surface area contributed by atoms with E-state index in [-0.39, 0.29) is 11.9 Å². The van der Waals surface area contributed by atoms with Gasteiger partial charge in [0.25, 0.3) is 5.91 Å². The van der Waals surface area contributed by atoms with Crippen molar-refractivity contribution in [2.45, 2.75) is 31.8 Å². The van der Waals surface area contributed by atoms with Gasteiger partial charge in [0.15, 0.2) is 5.65 Å². The number of hydrogen-bond acceptors (Lipinski definition) is 5. The van der Waals surface area contributed by atoms with Gasteiger partial charge in [0.1, 0.15) is 11.3 Å². The highest BCUT2D eigenvalue weighted by Gasteiger charge is 2.30. The predicted molar refractivity (Wildman–Crippen MR) is 112 cm³/mol. The molecule has 0 spiro atoms. The summed E-state index contributed by atoms with van der Waals surface area (Å²) in [6, 6.07) is 10.5. The van der Waals surface area contributed by atoms with Crippen molar-refractivity contribution in [3.63, 3.8) is 0 Å². The lowest BCUT2D eigenvalue weighted by atomic mass is 10.1. The maximum atomic E-state index is 13.2. The number of fused-ring (bicyclic) bond motifs is 1. The Labute approximate surface area is 169 Å². The van der Waals surface area contributed by atoms with Crippen LogP contribution in [0, 0.1) is 0 Å². The number of rotatable bonds is 4. The highest BCUT2D eigenvalue weighted by Crippen LogP contribution is 2.36. The molecule has 29 heavy (non-hydrogen) atoms. The van der Waals surface area contributed by atoms with E-state index in [1.54, 1.807) is 13.3 Å². The first-order valence-corrected chi connectivity index (χ1v) is 10.2. The summed E-state index contributed by atoms with van der Waals surface area (Å²) in [5.74, 6) is 0.882. The Morgan fingerprint density at radius 3 is 2.76 bits per heavy atom. The van der Waals surface area contributed by atoms with Crippen LogP contribution in [0.15, 0.2) is 42.9 Å². The van der Waals surface area contributed by atoms with Gasteiger partial charge in [-0.1, -0.05) is 12.1 Å². The first kappa shape index (κ1) is 18.0. The number of imidazole rings is 1. The molecule has 2 aliphatic rings. The van der Waals surface area contributed by atoms with Gasteiger partial charge in [-0.15, -0.1) is 0 Å². The smallest absolute Gasteiger partial charge is 0.255 e. The average Bonchev–Trinajstić information content (AvgIpc) is 3.51. The molecule has 1 aliphatic carbocycles. The SMILES string of the molecule is COc1ccccc1N1CCN(C(=O)c2cnc3c(c2)ncn3C2CC2)C(C)C1.